The minimum Gasteiger partial charge on any atom is -0.348 e. The van der Waals surface area contributed by atoms with E-state index < -0.39 is 9.84 Å². The average molecular weight is 520 g/mol. The van der Waals surface area contributed by atoms with Crippen LogP contribution in [0.1, 0.15) is 37.3 Å². The first kappa shape index (κ1) is 22.5. The molecule has 0 amide bonds. The Morgan fingerprint density at radius 1 is 1.03 bits per heavy atom. The highest BCUT2D eigenvalue weighted by atomic mass is 79.9. The number of nitrogens with zero attached hydrogens (tertiary/aromatic N) is 2. The van der Waals surface area contributed by atoms with Gasteiger partial charge in [-0.25, -0.2) is 13.4 Å². The molecule has 164 valence electrons. The lowest BCUT2D eigenvalue weighted by molar-refractivity contribution is 0.529. The molecule has 2 aromatic carbocycles. The van der Waals surface area contributed by atoms with Crippen molar-refractivity contribution in [3.05, 3.63) is 65.0 Å². The maximum absolute atomic E-state index is 13.0. The molecule has 0 bridgehead atoms. The van der Waals surface area contributed by atoms with Gasteiger partial charge in [-0.3, -0.25) is 0 Å². The van der Waals surface area contributed by atoms with Crippen LogP contribution in [0, 0.1) is 0 Å². The number of halogens is 1. The molecule has 1 aliphatic rings. The first-order valence-electron chi connectivity index (χ1n) is 10.7. The van der Waals surface area contributed by atoms with Crippen LogP contribution >= 0.6 is 27.3 Å². The van der Waals surface area contributed by atoms with Crippen molar-refractivity contribution in [2.45, 2.75) is 48.1 Å². The molecule has 2 heterocycles. The predicted molar refractivity (Wildman–Crippen MR) is 133 cm³/mol. The van der Waals surface area contributed by atoms with Gasteiger partial charge < -0.3 is 4.90 Å². The van der Waals surface area contributed by atoms with E-state index >= 15 is 0 Å². The summed E-state index contributed by atoms with van der Waals surface area (Å²) in [5.41, 5.74) is 4.55. The molecule has 0 spiro atoms. The van der Waals surface area contributed by atoms with Gasteiger partial charge in [-0.05, 0) is 42.5 Å². The van der Waals surface area contributed by atoms with Crippen molar-refractivity contribution in [2.75, 3.05) is 18.0 Å². The number of rotatable bonds is 7. The Morgan fingerprint density at radius 3 is 2.29 bits per heavy atom. The number of alkyl halides is 1. The first-order chi connectivity index (χ1) is 15.0. The summed E-state index contributed by atoms with van der Waals surface area (Å²) in [5, 5.41) is 3.47. The number of hydrogen-bond donors (Lipinski definition) is 0. The fourth-order valence-electron chi connectivity index (χ4n) is 3.99. The van der Waals surface area contributed by atoms with Gasteiger partial charge in [0, 0.05) is 29.4 Å². The van der Waals surface area contributed by atoms with Crippen LogP contribution < -0.4 is 4.90 Å². The summed E-state index contributed by atoms with van der Waals surface area (Å²) in [4.78, 5) is 7.49. The molecule has 4 rings (SSSR count). The highest BCUT2D eigenvalue weighted by Gasteiger charge is 2.32. The molecule has 4 nitrogen and oxygen atoms in total. The quantitative estimate of drug-likeness (QED) is 0.354. The van der Waals surface area contributed by atoms with Gasteiger partial charge in [0.2, 0.25) is 0 Å². The Labute approximate surface area is 197 Å². The Kier molecular flexibility index (Phi) is 7.14. The van der Waals surface area contributed by atoms with Crippen molar-refractivity contribution in [1.82, 2.24) is 4.98 Å². The van der Waals surface area contributed by atoms with Crippen LogP contribution in [0.25, 0.3) is 11.3 Å². The topological polar surface area (TPSA) is 50.3 Å². The minimum absolute atomic E-state index is 0.330. The van der Waals surface area contributed by atoms with Crippen LogP contribution in [0.5, 0.6) is 0 Å². The molecule has 1 saturated heterocycles. The van der Waals surface area contributed by atoms with Crippen LogP contribution in [0.4, 0.5) is 5.13 Å². The molecule has 1 aromatic heterocycles. The lowest BCUT2D eigenvalue weighted by atomic mass is 10.1. The van der Waals surface area contributed by atoms with Crippen molar-refractivity contribution in [3.8, 4) is 11.3 Å². The minimum atomic E-state index is -3.30. The molecule has 3 aromatic rings. The van der Waals surface area contributed by atoms with Gasteiger partial charge in [0.15, 0.2) is 15.0 Å². The molecule has 0 atom stereocenters. The van der Waals surface area contributed by atoms with E-state index in [4.69, 9.17) is 4.98 Å². The van der Waals surface area contributed by atoms with Gasteiger partial charge in [0.05, 0.1) is 15.8 Å². The number of aryl methyl sites for hydroxylation is 1. The number of sulfone groups is 1. The molecule has 0 radical (unpaired) electrons. The number of thiazole rings is 1. The van der Waals surface area contributed by atoms with Crippen molar-refractivity contribution >= 4 is 42.2 Å². The van der Waals surface area contributed by atoms with Gasteiger partial charge in [0.1, 0.15) is 0 Å². The highest BCUT2D eigenvalue weighted by molar-refractivity contribution is 9.08. The lowest BCUT2D eigenvalue weighted by Crippen LogP contribution is -2.39. The standard InChI is InChI=1S/C24H27BrN2O2S2/c1-2-3-18-4-8-20(9-5-18)23-17-30-24(26-23)27-14-12-22(13-15-27)31(28,29)21-10-6-19(16-25)7-11-21/h4-11,17,22H,2-3,12-16H2,1H3. The Morgan fingerprint density at radius 2 is 1.68 bits per heavy atom. The van der Waals surface area contributed by atoms with E-state index in [1.807, 2.05) is 12.1 Å². The van der Waals surface area contributed by atoms with E-state index in [0.717, 1.165) is 40.1 Å². The Bertz CT molecular complexity index is 1100. The number of aromatic nitrogens is 1. The average Bonchev–Trinajstić information content (AvgIpc) is 3.30. The van der Waals surface area contributed by atoms with E-state index in [2.05, 4.69) is 57.4 Å². The fraction of sp³-hybridized carbons (Fsp3) is 0.375. The van der Waals surface area contributed by atoms with Crippen LogP contribution in [-0.4, -0.2) is 31.7 Å². The van der Waals surface area contributed by atoms with Crippen LogP contribution in [-0.2, 0) is 21.6 Å². The van der Waals surface area contributed by atoms with Crippen LogP contribution in [0.3, 0.4) is 0 Å². The van der Waals surface area contributed by atoms with Gasteiger partial charge in [-0.1, -0.05) is 65.7 Å². The smallest absolute Gasteiger partial charge is 0.185 e. The summed E-state index contributed by atoms with van der Waals surface area (Å²) < 4.78 is 26.1. The maximum Gasteiger partial charge on any atom is 0.185 e. The highest BCUT2D eigenvalue weighted by Crippen LogP contribution is 2.32. The maximum atomic E-state index is 13.0. The zero-order valence-electron chi connectivity index (χ0n) is 17.6. The molecule has 0 unspecified atom stereocenters. The third-order valence-corrected chi connectivity index (χ3v) is 9.67. The van der Waals surface area contributed by atoms with Gasteiger partial charge in [-0.2, -0.15) is 0 Å². The van der Waals surface area contributed by atoms with Crippen molar-refractivity contribution in [1.29, 1.82) is 0 Å². The third kappa shape index (κ3) is 5.04. The van der Waals surface area contributed by atoms with Crippen molar-refractivity contribution < 1.29 is 8.42 Å². The zero-order chi connectivity index (χ0) is 21.8. The molecule has 0 saturated carbocycles. The molecular formula is C24H27BrN2O2S2. The van der Waals surface area contributed by atoms with Crippen LogP contribution in [0.2, 0.25) is 0 Å². The van der Waals surface area contributed by atoms with Gasteiger partial charge in [0.25, 0.3) is 0 Å². The second-order valence-corrected chi connectivity index (χ2v) is 11.6. The number of benzene rings is 2. The molecule has 0 N–H and O–H groups in total. The fourth-order valence-corrected chi connectivity index (χ4v) is 6.99. The summed E-state index contributed by atoms with van der Waals surface area (Å²) in [6.07, 6.45) is 3.50. The van der Waals surface area contributed by atoms with Crippen LogP contribution in [0.15, 0.2) is 58.8 Å². The Hall–Kier alpha value is -1.70. The third-order valence-electron chi connectivity index (χ3n) is 5.84. The summed E-state index contributed by atoms with van der Waals surface area (Å²) in [7, 11) is -3.30. The zero-order valence-corrected chi connectivity index (χ0v) is 20.8. The summed E-state index contributed by atoms with van der Waals surface area (Å²) in [6.45, 7) is 3.62. The van der Waals surface area contributed by atoms with E-state index in [9.17, 15) is 8.42 Å². The van der Waals surface area contributed by atoms with Gasteiger partial charge in [-0.15, -0.1) is 11.3 Å². The molecule has 1 aliphatic heterocycles. The molecule has 7 heteroatoms. The molecular weight excluding hydrogens is 492 g/mol. The number of piperidine rings is 1. The molecule has 31 heavy (non-hydrogen) atoms. The SMILES string of the molecule is CCCc1ccc(-c2csc(N3CCC(S(=O)(=O)c4ccc(CBr)cc4)CC3)n2)cc1. The van der Waals surface area contributed by atoms with E-state index in [-0.39, 0.29) is 5.25 Å². The summed E-state index contributed by atoms with van der Waals surface area (Å²) in [6, 6.07) is 15.9. The van der Waals surface area contributed by atoms with Gasteiger partial charge >= 0.3 is 0 Å². The lowest BCUT2D eigenvalue weighted by Gasteiger charge is -2.31. The molecule has 0 aliphatic carbocycles. The number of anilines is 1. The second-order valence-electron chi connectivity index (χ2n) is 7.97. The largest absolute Gasteiger partial charge is 0.348 e. The van der Waals surface area contributed by atoms with Crippen molar-refractivity contribution in [2.24, 2.45) is 0 Å². The van der Waals surface area contributed by atoms with Crippen molar-refractivity contribution in [3.63, 3.8) is 0 Å². The Balaban J connectivity index is 1.40. The monoisotopic (exact) mass is 518 g/mol. The van der Waals surface area contributed by atoms with E-state index in [1.165, 1.54) is 5.56 Å². The van der Waals surface area contributed by atoms with E-state index in [1.54, 1.807) is 23.5 Å². The summed E-state index contributed by atoms with van der Waals surface area (Å²) in [5.74, 6) is 0. The number of hydrogen-bond acceptors (Lipinski definition) is 5. The first-order valence-corrected chi connectivity index (χ1v) is 14.2. The van der Waals surface area contributed by atoms with E-state index in [0.29, 0.717) is 30.8 Å². The molecule has 1 fully saturated rings. The second kappa shape index (κ2) is 9.84. The normalized spacial score (nSPS) is 15.4. The summed E-state index contributed by atoms with van der Waals surface area (Å²) >= 11 is 5.04. The predicted octanol–water partition coefficient (Wildman–Crippen LogP) is 6.10.